The molecule has 0 spiro atoms. The maximum absolute atomic E-state index is 5.60. The lowest BCUT2D eigenvalue weighted by Gasteiger charge is -2.07. The highest BCUT2D eigenvalue weighted by molar-refractivity contribution is 4.96. The fourth-order valence-corrected chi connectivity index (χ4v) is 0.840. The summed E-state index contributed by atoms with van der Waals surface area (Å²) in [6.07, 6.45) is 3.63. The first-order valence-electron chi connectivity index (χ1n) is 3.87. The van der Waals surface area contributed by atoms with E-state index < -0.39 is 0 Å². The molecular formula is C9H19N. The van der Waals surface area contributed by atoms with Gasteiger partial charge in [-0.2, -0.15) is 0 Å². The quantitative estimate of drug-likeness (QED) is 0.598. The largest absolute Gasteiger partial charge is 0.396 e. The zero-order chi connectivity index (χ0) is 7.98. The van der Waals surface area contributed by atoms with Crippen LogP contribution in [0.15, 0.2) is 18.0 Å². The Bertz CT molecular complexity index is 136. The molecule has 0 radical (unpaired) electrons. The van der Waals surface area contributed by atoms with Crippen LogP contribution in [0.2, 0.25) is 0 Å². The maximum Gasteiger partial charge on any atom is 0.0534 e. The fraction of sp³-hybridized carbons (Fsp3) is 0.667. The zero-order valence-electron chi connectivity index (χ0n) is 6.98. The van der Waals surface area contributed by atoms with Gasteiger partial charge in [-0.3, -0.25) is 0 Å². The van der Waals surface area contributed by atoms with Crippen LogP contribution in [-0.2, 0) is 0 Å². The first-order valence-corrected chi connectivity index (χ1v) is 3.87. The van der Waals surface area contributed by atoms with Crippen molar-refractivity contribution >= 4 is 0 Å². The lowest BCUT2D eigenvalue weighted by molar-refractivity contribution is 0.568. The molecule has 0 rings (SSSR count). The van der Waals surface area contributed by atoms with E-state index in [0.717, 1.165) is 12.1 Å². The molecule has 1 heteroatoms. The van der Waals surface area contributed by atoms with E-state index in [-0.39, 0.29) is 1.43 Å². The summed E-state index contributed by atoms with van der Waals surface area (Å²) in [5.41, 5.74) is 9.12. The van der Waals surface area contributed by atoms with Crippen LogP contribution in [0, 0.1) is 5.92 Å². The summed E-state index contributed by atoms with van der Waals surface area (Å²) in [5, 5.41) is 0. The Morgan fingerprint density at radius 2 is 2.40 bits per heavy atom. The second-order valence-corrected chi connectivity index (χ2v) is 2.68. The molecule has 2 N–H and O–H groups in total. The summed E-state index contributed by atoms with van der Waals surface area (Å²) in [6, 6.07) is 0. The summed E-state index contributed by atoms with van der Waals surface area (Å²) in [5.74, 6) is 0.456. The zero-order valence-corrected chi connectivity index (χ0v) is 6.98. The van der Waals surface area contributed by atoms with E-state index in [1.54, 1.807) is 0 Å². The Morgan fingerprint density at radius 1 is 1.80 bits per heavy atom. The van der Waals surface area contributed by atoms with Gasteiger partial charge in [0, 0.05) is 7.34 Å². The molecule has 0 saturated heterocycles. The standard InChI is InChI=1S/C9H17N.H2/c1-4-6-7-8(3)9(10)5-2;/h8H,2,4,6-7,10H2,1,3H3;1H. The van der Waals surface area contributed by atoms with Crippen LogP contribution in [0.5, 0.6) is 0 Å². The Hall–Kier alpha value is -0.680. The predicted molar refractivity (Wildman–Crippen MR) is 47.6 cm³/mol. The number of hydrogen-bond acceptors (Lipinski definition) is 1. The minimum atomic E-state index is 0. The van der Waals surface area contributed by atoms with Crippen LogP contribution in [-0.4, -0.2) is 0 Å². The minimum absolute atomic E-state index is 0. The van der Waals surface area contributed by atoms with Crippen LogP contribution in [0.25, 0.3) is 0 Å². The molecule has 10 heavy (non-hydrogen) atoms. The summed E-state index contributed by atoms with van der Waals surface area (Å²) in [7, 11) is 0. The molecule has 0 saturated carbocycles. The van der Waals surface area contributed by atoms with Crippen molar-refractivity contribution in [3.8, 4) is 0 Å². The second kappa shape index (κ2) is 5.13. The van der Waals surface area contributed by atoms with Crippen molar-refractivity contribution in [3.63, 3.8) is 0 Å². The molecule has 1 unspecified atom stereocenters. The van der Waals surface area contributed by atoms with E-state index in [2.05, 4.69) is 26.2 Å². The average molecular weight is 141 g/mol. The molecule has 0 aliphatic carbocycles. The minimum Gasteiger partial charge on any atom is -0.396 e. The lowest BCUT2D eigenvalue weighted by Crippen LogP contribution is -2.06. The molecule has 0 heterocycles. The number of hydrogen-bond donors (Lipinski definition) is 1. The summed E-state index contributed by atoms with van der Waals surface area (Å²) in [6.45, 7) is 7.80. The summed E-state index contributed by atoms with van der Waals surface area (Å²) < 4.78 is 0. The second-order valence-electron chi connectivity index (χ2n) is 2.68. The number of unbranched alkanes of at least 4 members (excludes halogenated alkanes) is 1. The Kier molecular flexibility index (Phi) is 4.78. The van der Waals surface area contributed by atoms with Crippen molar-refractivity contribution in [1.29, 1.82) is 0 Å². The van der Waals surface area contributed by atoms with Gasteiger partial charge in [0.1, 0.15) is 0 Å². The van der Waals surface area contributed by atoms with Crippen LogP contribution >= 0.6 is 0 Å². The van der Waals surface area contributed by atoms with Crippen LogP contribution in [0.1, 0.15) is 34.5 Å². The highest BCUT2D eigenvalue weighted by Crippen LogP contribution is 2.11. The molecule has 0 aliphatic rings. The molecule has 0 aliphatic heterocycles. The van der Waals surface area contributed by atoms with E-state index in [0.29, 0.717) is 5.92 Å². The van der Waals surface area contributed by atoms with Crippen LogP contribution in [0.3, 0.4) is 0 Å². The number of allylic oxidation sites excluding steroid dienone is 1. The smallest absolute Gasteiger partial charge is 0.0534 e. The number of rotatable bonds is 4. The molecule has 0 amide bonds. The summed E-state index contributed by atoms with van der Waals surface area (Å²) >= 11 is 0. The van der Waals surface area contributed by atoms with Gasteiger partial charge in [0.15, 0.2) is 0 Å². The fourth-order valence-electron chi connectivity index (χ4n) is 0.840. The van der Waals surface area contributed by atoms with Gasteiger partial charge in [0.2, 0.25) is 0 Å². The molecule has 1 nitrogen and oxygen atoms in total. The summed E-state index contributed by atoms with van der Waals surface area (Å²) in [4.78, 5) is 0. The third-order valence-electron chi connectivity index (χ3n) is 1.73. The highest BCUT2D eigenvalue weighted by atomic mass is 14.6. The monoisotopic (exact) mass is 141 g/mol. The van der Waals surface area contributed by atoms with Gasteiger partial charge in [0.25, 0.3) is 0 Å². The average Bonchev–Trinajstić information content (AvgIpc) is 1.98. The van der Waals surface area contributed by atoms with Crippen molar-refractivity contribution in [2.45, 2.75) is 33.1 Å². The molecule has 1 atom stereocenters. The van der Waals surface area contributed by atoms with E-state index in [1.807, 2.05) is 0 Å². The highest BCUT2D eigenvalue weighted by Gasteiger charge is 2.01. The normalized spacial score (nSPS) is 12.2. The third-order valence-corrected chi connectivity index (χ3v) is 1.73. The SMILES string of the molecule is C=C=C(N)C(C)CCCC.[HH]. The van der Waals surface area contributed by atoms with Gasteiger partial charge >= 0.3 is 0 Å². The van der Waals surface area contributed by atoms with Crippen LogP contribution in [0.4, 0.5) is 0 Å². The van der Waals surface area contributed by atoms with Gasteiger partial charge in [-0.25, -0.2) is 0 Å². The van der Waals surface area contributed by atoms with E-state index in [1.165, 1.54) is 12.8 Å². The van der Waals surface area contributed by atoms with Crippen molar-refractivity contribution in [2.75, 3.05) is 0 Å². The Morgan fingerprint density at radius 3 is 2.80 bits per heavy atom. The van der Waals surface area contributed by atoms with E-state index in [4.69, 9.17) is 5.73 Å². The topological polar surface area (TPSA) is 26.0 Å². The van der Waals surface area contributed by atoms with E-state index >= 15 is 0 Å². The lowest BCUT2D eigenvalue weighted by atomic mass is 10.0. The molecule has 0 aromatic carbocycles. The molecular weight excluding hydrogens is 122 g/mol. The van der Waals surface area contributed by atoms with Gasteiger partial charge in [-0.05, 0) is 6.42 Å². The van der Waals surface area contributed by atoms with Crippen molar-refractivity contribution in [1.82, 2.24) is 0 Å². The first-order chi connectivity index (χ1) is 4.72. The van der Waals surface area contributed by atoms with Gasteiger partial charge in [0.05, 0.1) is 5.70 Å². The third kappa shape index (κ3) is 3.37. The number of nitrogens with two attached hydrogens (primary N) is 1. The Labute approximate surface area is 65.1 Å². The molecule has 0 fully saturated rings. The molecule has 0 aromatic rings. The first kappa shape index (κ1) is 9.32. The van der Waals surface area contributed by atoms with Gasteiger partial charge < -0.3 is 5.73 Å². The Balaban J connectivity index is 0. The van der Waals surface area contributed by atoms with Crippen molar-refractivity contribution in [2.24, 2.45) is 11.7 Å². The predicted octanol–water partition coefficient (Wildman–Crippen LogP) is 2.69. The molecule has 0 aromatic heterocycles. The van der Waals surface area contributed by atoms with Crippen molar-refractivity contribution < 1.29 is 1.43 Å². The van der Waals surface area contributed by atoms with E-state index in [9.17, 15) is 0 Å². The molecule has 60 valence electrons. The van der Waals surface area contributed by atoms with Gasteiger partial charge in [-0.1, -0.05) is 33.3 Å². The van der Waals surface area contributed by atoms with Gasteiger partial charge in [-0.15, -0.1) is 5.73 Å². The van der Waals surface area contributed by atoms with Crippen molar-refractivity contribution in [3.05, 3.63) is 18.0 Å². The maximum atomic E-state index is 5.60. The van der Waals surface area contributed by atoms with Crippen LogP contribution < -0.4 is 5.73 Å². The molecule has 0 bridgehead atoms.